The lowest BCUT2D eigenvalue weighted by molar-refractivity contribution is 0.558. The van der Waals surface area contributed by atoms with Gasteiger partial charge in [-0.15, -0.1) is 0 Å². The second kappa shape index (κ2) is 6.26. The van der Waals surface area contributed by atoms with Gasteiger partial charge in [-0.1, -0.05) is 6.92 Å². The van der Waals surface area contributed by atoms with E-state index in [2.05, 4.69) is 12.2 Å². The number of halogens is 2. The third kappa shape index (κ3) is 3.39. The molecule has 0 aliphatic carbocycles. The molecule has 2 aromatic rings. The number of aryl methyl sites for hydroxylation is 1. The Hall–Kier alpha value is -1.26. The molecule has 0 amide bonds. The zero-order chi connectivity index (χ0) is 13.8. The fraction of sp³-hybridized carbons (Fsp3) is 0.333. The van der Waals surface area contributed by atoms with Crippen LogP contribution in [0.4, 0.5) is 8.78 Å². The van der Waals surface area contributed by atoms with Crippen LogP contribution in [-0.4, -0.2) is 6.54 Å². The molecule has 1 N–H and O–H groups in total. The summed E-state index contributed by atoms with van der Waals surface area (Å²) in [5.74, 6) is -1.07. The van der Waals surface area contributed by atoms with Gasteiger partial charge in [0, 0.05) is 6.07 Å². The molecule has 1 heterocycles. The molecule has 19 heavy (non-hydrogen) atoms. The molecule has 0 bridgehead atoms. The molecule has 0 fully saturated rings. The third-order valence-electron chi connectivity index (χ3n) is 3.02. The molecule has 1 nitrogen and oxygen atoms in total. The lowest BCUT2D eigenvalue weighted by Gasteiger charge is -2.19. The predicted molar refractivity (Wildman–Crippen MR) is 75.6 cm³/mol. The second-order valence-electron chi connectivity index (χ2n) is 4.60. The van der Waals surface area contributed by atoms with E-state index in [1.54, 1.807) is 11.3 Å². The average molecular weight is 281 g/mol. The first-order valence-corrected chi connectivity index (χ1v) is 7.28. The maximum absolute atomic E-state index is 13.4. The highest BCUT2D eigenvalue weighted by Gasteiger charge is 2.17. The molecule has 4 heteroatoms. The smallest absolute Gasteiger partial charge is 0.126 e. The van der Waals surface area contributed by atoms with E-state index in [0.29, 0.717) is 5.56 Å². The molecule has 102 valence electrons. The van der Waals surface area contributed by atoms with Crippen LogP contribution >= 0.6 is 11.3 Å². The van der Waals surface area contributed by atoms with Crippen LogP contribution in [0.5, 0.6) is 0 Å². The Bertz CT molecular complexity index is 531. The van der Waals surface area contributed by atoms with Gasteiger partial charge in [0.05, 0.1) is 6.04 Å². The largest absolute Gasteiger partial charge is 0.306 e. The van der Waals surface area contributed by atoms with Crippen LogP contribution < -0.4 is 5.32 Å². The average Bonchev–Trinajstić information content (AvgIpc) is 2.75. The first-order chi connectivity index (χ1) is 9.11. The predicted octanol–water partition coefficient (Wildman–Crippen LogP) is 4.42. The van der Waals surface area contributed by atoms with E-state index in [9.17, 15) is 8.78 Å². The monoisotopic (exact) mass is 281 g/mol. The molecule has 1 atom stereocenters. The van der Waals surface area contributed by atoms with Crippen LogP contribution in [0.2, 0.25) is 0 Å². The first kappa shape index (κ1) is 14.2. The van der Waals surface area contributed by atoms with Gasteiger partial charge < -0.3 is 5.32 Å². The molecule has 0 aliphatic rings. The van der Waals surface area contributed by atoms with Crippen molar-refractivity contribution in [1.29, 1.82) is 0 Å². The zero-order valence-corrected chi connectivity index (χ0v) is 11.9. The maximum atomic E-state index is 13.4. The summed E-state index contributed by atoms with van der Waals surface area (Å²) in [4.78, 5) is 0. The van der Waals surface area contributed by atoms with E-state index in [1.807, 2.05) is 17.7 Å². The van der Waals surface area contributed by atoms with Crippen LogP contribution in [0, 0.1) is 18.6 Å². The standard InChI is InChI=1S/C15H17F2NS/c1-3-4-18-15(14-9-19-8-10(14)2)11-5-12(16)7-13(17)6-11/h5-9,15,18H,3-4H2,1-2H3. The minimum absolute atomic E-state index is 0.156. The van der Waals surface area contributed by atoms with Crippen molar-refractivity contribution in [3.63, 3.8) is 0 Å². The quantitative estimate of drug-likeness (QED) is 0.855. The van der Waals surface area contributed by atoms with Gasteiger partial charge in [0.25, 0.3) is 0 Å². The van der Waals surface area contributed by atoms with Crippen LogP contribution in [0.1, 0.15) is 36.1 Å². The molecule has 1 aromatic carbocycles. The fourth-order valence-electron chi connectivity index (χ4n) is 2.10. The van der Waals surface area contributed by atoms with E-state index in [4.69, 9.17) is 0 Å². The molecule has 0 aliphatic heterocycles. The van der Waals surface area contributed by atoms with Gasteiger partial charge in [-0.25, -0.2) is 8.78 Å². The van der Waals surface area contributed by atoms with Crippen molar-refractivity contribution >= 4 is 11.3 Å². The first-order valence-electron chi connectivity index (χ1n) is 6.34. The Kier molecular flexibility index (Phi) is 4.66. The summed E-state index contributed by atoms with van der Waals surface area (Å²) in [6.07, 6.45) is 0.970. The normalized spacial score (nSPS) is 12.6. The van der Waals surface area contributed by atoms with Gasteiger partial charge >= 0.3 is 0 Å². The third-order valence-corrected chi connectivity index (χ3v) is 3.90. The summed E-state index contributed by atoms with van der Waals surface area (Å²) in [6, 6.07) is 3.54. The number of hydrogen-bond acceptors (Lipinski definition) is 2. The summed E-state index contributed by atoms with van der Waals surface area (Å²) in [6.45, 7) is 4.89. The fourth-order valence-corrected chi connectivity index (χ4v) is 2.98. The minimum atomic E-state index is -0.536. The van der Waals surface area contributed by atoms with Crippen molar-refractivity contribution in [2.24, 2.45) is 0 Å². The van der Waals surface area contributed by atoms with Crippen LogP contribution in [0.25, 0.3) is 0 Å². The Balaban J connectivity index is 2.39. The highest BCUT2D eigenvalue weighted by molar-refractivity contribution is 7.08. The van der Waals surface area contributed by atoms with Crippen molar-refractivity contribution in [2.45, 2.75) is 26.3 Å². The lowest BCUT2D eigenvalue weighted by Crippen LogP contribution is -2.23. The molecule has 0 saturated heterocycles. The maximum Gasteiger partial charge on any atom is 0.126 e. The highest BCUT2D eigenvalue weighted by Crippen LogP contribution is 2.28. The number of rotatable bonds is 5. The summed E-state index contributed by atoms with van der Waals surface area (Å²) in [7, 11) is 0. The van der Waals surface area contributed by atoms with Crippen LogP contribution in [0.15, 0.2) is 29.0 Å². The summed E-state index contributed by atoms with van der Waals surface area (Å²) >= 11 is 1.60. The molecule has 1 aromatic heterocycles. The molecule has 0 spiro atoms. The summed E-state index contributed by atoms with van der Waals surface area (Å²) < 4.78 is 26.8. The molecular weight excluding hydrogens is 264 g/mol. The van der Waals surface area contributed by atoms with Crippen molar-refractivity contribution in [3.8, 4) is 0 Å². The summed E-state index contributed by atoms with van der Waals surface area (Å²) in [5, 5.41) is 7.44. The Morgan fingerprint density at radius 1 is 1.16 bits per heavy atom. The Morgan fingerprint density at radius 3 is 2.37 bits per heavy atom. The van der Waals surface area contributed by atoms with Gasteiger partial charge in [-0.3, -0.25) is 0 Å². The van der Waals surface area contributed by atoms with Gasteiger partial charge in [0.2, 0.25) is 0 Å². The number of thiophene rings is 1. The topological polar surface area (TPSA) is 12.0 Å². The van der Waals surface area contributed by atoms with Crippen molar-refractivity contribution < 1.29 is 8.78 Å². The van der Waals surface area contributed by atoms with Crippen molar-refractivity contribution in [3.05, 3.63) is 57.3 Å². The van der Waals surface area contributed by atoms with E-state index < -0.39 is 11.6 Å². The van der Waals surface area contributed by atoms with Crippen molar-refractivity contribution in [2.75, 3.05) is 6.54 Å². The van der Waals surface area contributed by atoms with E-state index >= 15 is 0 Å². The van der Waals surface area contributed by atoms with Crippen molar-refractivity contribution in [1.82, 2.24) is 5.32 Å². The van der Waals surface area contributed by atoms with Gasteiger partial charge in [0.1, 0.15) is 11.6 Å². The molecule has 2 rings (SSSR count). The van der Waals surface area contributed by atoms with E-state index in [-0.39, 0.29) is 6.04 Å². The van der Waals surface area contributed by atoms with Gasteiger partial charge in [-0.2, -0.15) is 11.3 Å². The van der Waals surface area contributed by atoms with Gasteiger partial charge in [0.15, 0.2) is 0 Å². The van der Waals surface area contributed by atoms with Crippen LogP contribution in [0.3, 0.4) is 0 Å². The zero-order valence-electron chi connectivity index (χ0n) is 11.0. The number of hydrogen-bond donors (Lipinski definition) is 1. The highest BCUT2D eigenvalue weighted by atomic mass is 32.1. The van der Waals surface area contributed by atoms with E-state index in [1.165, 1.54) is 12.1 Å². The van der Waals surface area contributed by atoms with E-state index in [0.717, 1.165) is 30.2 Å². The number of nitrogens with one attached hydrogen (secondary N) is 1. The Morgan fingerprint density at radius 2 is 1.84 bits per heavy atom. The Labute approximate surface area is 116 Å². The lowest BCUT2D eigenvalue weighted by atomic mass is 9.98. The number of benzene rings is 1. The molecular formula is C15H17F2NS. The second-order valence-corrected chi connectivity index (χ2v) is 5.34. The molecule has 0 radical (unpaired) electrons. The summed E-state index contributed by atoms with van der Waals surface area (Å²) in [5.41, 5.74) is 2.86. The minimum Gasteiger partial charge on any atom is -0.306 e. The molecule has 0 saturated carbocycles. The SMILES string of the molecule is CCCNC(c1cc(F)cc(F)c1)c1cscc1C. The van der Waals surface area contributed by atoms with Crippen LogP contribution in [-0.2, 0) is 0 Å². The molecule has 1 unspecified atom stereocenters. The van der Waals surface area contributed by atoms with Gasteiger partial charge in [-0.05, 0) is 59.5 Å².